The Labute approximate surface area is 99.9 Å². The lowest BCUT2D eigenvalue weighted by molar-refractivity contribution is 0.0516. The summed E-state index contributed by atoms with van der Waals surface area (Å²) in [6.07, 6.45) is 5.95. The summed E-state index contributed by atoms with van der Waals surface area (Å²) in [7, 11) is 0. The van der Waals surface area contributed by atoms with Crippen LogP contribution >= 0.6 is 0 Å². The van der Waals surface area contributed by atoms with Gasteiger partial charge in [-0.1, -0.05) is 0 Å². The number of carbonyl (C=O) groups is 1. The zero-order valence-corrected chi connectivity index (χ0v) is 10.0. The van der Waals surface area contributed by atoms with Crippen molar-refractivity contribution in [3.63, 3.8) is 0 Å². The van der Waals surface area contributed by atoms with Gasteiger partial charge in [-0.2, -0.15) is 10.3 Å². The van der Waals surface area contributed by atoms with Gasteiger partial charge in [-0.15, -0.1) is 5.10 Å². The molecule has 17 heavy (non-hydrogen) atoms. The Morgan fingerprint density at radius 3 is 2.82 bits per heavy atom. The van der Waals surface area contributed by atoms with Crippen molar-refractivity contribution < 1.29 is 9.53 Å². The molecular weight excluding hydrogens is 218 g/mol. The van der Waals surface area contributed by atoms with Gasteiger partial charge in [0.2, 0.25) is 0 Å². The Hall–Kier alpha value is -1.39. The number of H-pyrrole nitrogens is 1. The molecule has 1 N–H and O–H groups in total. The van der Waals surface area contributed by atoms with Gasteiger partial charge in [0.25, 0.3) is 0 Å². The Kier molecular flexibility index (Phi) is 2.42. The minimum Gasteiger partial charge on any atom is -0.461 e. The highest BCUT2D eigenvalue weighted by Crippen LogP contribution is 2.55. The fourth-order valence-corrected chi connectivity index (χ4v) is 3.47. The highest BCUT2D eigenvalue weighted by Gasteiger charge is 2.49. The van der Waals surface area contributed by atoms with Crippen LogP contribution in [0.15, 0.2) is 0 Å². The van der Waals surface area contributed by atoms with E-state index >= 15 is 0 Å². The second-order valence-corrected chi connectivity index (χ2v) is 5.17. The Morgan fingerprint density at radius 1 is 1.47 bits per heavy atom. The van der Waals surface area contributed by atoms with E-state index in [0.717, 1.165) is 30.9 Å². The SMILES string of the molecule is CCOC(=O)c1n[nH]nc1C12CCC(CC1)C2. The molecule has 0 aromatic carbocycles. The zero-order chi connectivity index (χ0) is 11.9. The van der Waals surface area contributed by atoms with Crippen LogP contribution in [-0.4, -0.2) is 28.0 Å². The second kappa shape index (κ2) is 3.82. The Balaban J connectivity index is 1.93. The van der Waals surface area contributed by atoms with Gasteiger partial charge < -0.3 is 4.74 Å². The van der Waals surface area contributed by atoms with Crippen LogP contribution in [0.25, 0.3) is 0 Å². The molecule has 2 aliphatic rings. The third-order valence-corrected chi connectivity index (χ3v) is 4.26. The molecule has 2 bridgehead atoms. The molecule has 0 amide bonds. The van der Waals surface area contributed by atoms with E-state index in [2.05, 4.69) is 15.4 Å². The van der Waals surface area contributed by atoms with E-state index in [-0.39, 0.29) is 11.4 Å². The fraction of sp³-hybridized carbons (Fsp3) is 0.750. The molecule has 0 atom stereocenters. The number of nitrogens with one attached hydrogen (secondary N) is 1. The topological polar surface area (TPSA) is 67.9 Å². The van der Waals surface area contributed by atoms with Crippen molar-refractivity contribution in [3.8, 4) is 0 Å². The highest BCUT2D eigenvalue weighted by atomic mass is 16.5. The Bertz CT molecular complexity index is 433. The van der Waals surface area contributed by atoms with Gasteiger partial charge in [-0.3, -0.25) is 0 Å². The molecule has 5 heteroatoms. The fourth-order valence-electron chi connectivity index (χ4n) is 3.47. The standard InChI is InChI=1S/C12H17N3O2/c1-2-17-11(16)9-10(14-15-13-9)12-5-3-8(7-12)4-6-12/h8H,2-7H2,1H3,(H,13,14,15). The van der Waals surface area contributed by atoms with Gasteiger partial charge in [0.1, 0.15) is 5.69 Å². The largest absolute Gasteiger partial charge is 0.461 e. The minimum absolute atomic E-state index is 0.0970. The van der Waals surface area contributed by atoms with Gasteiger partial charge in [-0.25, -0.2) is 4.79 Å². The van der Waals surface area contributed by atoms with E-state index < -0.39 is 0 Å². The van der Waals surface area contributed by atoms with Crippen LogP contribution in [0.2, 0.25) is 0 Å². The van der Waals surface area contributed by atoms with Crippen LogP contribution in [0.4, 0.5) is 0 Å². The number of nitrogens with zero attached hydrogens (tertiary/aromatic N) is 2. The quantitative estimate of drug-likeness (QED) is 0.811. The first kappa shape index (κ1) is 10.7. The van der Waals surface area contributed by atoms with Crippen molar-refractivity contribution >= 4 is 5.97 Å². The van der Waals surface area contributed by atoms with E-state index in [4.69, 9.17) is 4.74 Å². The molecule has 1 aromatic heterocycles. The van der Waals surface area contributed by atoms with Crippen LogP contribution in [0.3, 0.4) is 0 Å². The van der Waals surface area contributed by atoms with Gasteiger partial charge in [0.15, 0.2) is 5.69 Å². The molecule has 1 heterocycles. The molecular formula is C12H17N3O2. The molecule has 0 aliphatic heterocycles. The first-order valence-corrected chi connectivity index (χ1v) is 6.33. The second-order valence-electron chi connectivity index (χ2n) is 5.17. The van der Waals surface area contributed by atoms with E-state index in [1.807, 2.05) is 0 Å². The van der Waals surface area contributed by atoms with Crippen LogP contribution in [0.5, 0.6) is 0 Å². The van der Waals surface area contributed by atoms with Crippen molar-refractivity contribution in [1.29, 1.82) is 0 Å². The molecule has 2 aliphatic carbocycles. The molecule has 0 saturated heterocycles. The van der Waals surface area contributed by atoms with Crippen LogP contribution < -0.4 is 0 Å². The monoisotopic (exact) mass is 235 g/mol. The molecule has 2 fully saturated rings. The van der Waals surface area contributed by atoms with E-state index in [0.29, 0.717) is 12.3 Å². The number of ether oxygens (including phenoxy) is 1. The van der Waals surface area contributed by atoms with Crippen molar-refractivity contribution in [2.75, 3.05) is 6.61 Å². The number of hydrogen-bond donors (Lipinski definition) is 1. The highest BCUT2D eigenvalue weighted by molar-refractivity contribution is 5.88. The number of esters is 1. The van der Waals surface area contributed by atoms with E-state index in [9.17, 15) is 4.79 Å². The molecule has 2 saturated carbocycles. The normalized spacial score (nSPS) is 30.8. The predicted octanol–water partition coefficient (Wildman–Crippen LogP) is 1.81. The molecule has 5 nitrogen and oxygen atoms in total. The molecule has 1 aromatic rings. The maximum Gasteiger partial charge on any atom is 0.360 e. The van der Waals surface area contributed by atoms with Gasteiger partial charge in [0, 0.05) is 5.41 Å². The summed E-state index contributed by atoms with van der Waals surface area (Å²) in [4.78, 5) is 11.8. The number of aromatic nitrogens is 3. The number of carbonyl (C=O) groups excluding carboxylic acids is 1. The maximum absolute atomic E-state index is 11.8. The van der Waals surface area contributed by atoms with Crippen LogP contribution in [0.1, 0.15) is 55.2 Å². The van der Waals surface area contributed by atoms with E-state index in [1.54, 1.807) is 6.92 Å². The van der Waals surface area contributed by atoms with Crippen LogP contribution in [-0.2, 0) is 10.2 Å². The Morgan fingerprint density at radius 2 is 2.24 bits per heavy atom. The molecule has 92 valence electrons. The first-order valence-electron chi connectivity index (χ1n) is 6.33. The lowest BCUT2D eigenvalue weighted by atomic mass is 9.80. The van der Waals surface area contributed by atoms with Gasteiger partial charge in [-0.05, 0) is 44.9 Å². The maximum atomic E-state index is 11.8. The summed E-state index contributed by atoms with van der Waals surface area (Å²) in [5.74, 6) is 0.475. The summed E-state index contributed by atoms with van der Waals surface area (Å²) >= 11 is 0. The molecule has 3 rings (SSSR count). The number of fused-ring (bicyclic) bond motifs is 2. The average Bonchev–Trinajstić information content (AvgIpc) is 3.04. The lowest BCUT2D eigenvalue weighted by Crippen LogP contribution is -2.24. The molecule has 0 spiro atoms. The van der Waals surface area contributed by atoms with Gasteiger partial charge in [0.05, 0.1) is 6.61 Å². The first-order chi connectivity index (χ1) is 8.25. The van der Waals surface area contributed by atoms with Crippen molar-refractivity contribution in [1.82, 2.24) is 15.4 Å². The smallest absolute Gasteiger partial charge is 0.360 e. The van der Waals surface area contributed by atoms with Crippen molar-refractivity contribution in [2.24, 2.45) is 5.92 Å². The summed E-state index contributed by atoms with van der Waals surface area (Å²) in [5, 5.41) is 10.8. The predicted molar refractivity (Wildman–Crippen MR) is 60.6 cm³/mol. The molecule has 0 radical (unpaired) electrons. The van der Waals surface area contributed by atoms with Crippen LogP contribution in [0, 0.1) is 5.92 Å². The zero-order valence-electron chi connectivity index (χ0n) is 10.0. The summed E-state index contributed by atoms with van der Waals surface area (Å²) in [6.45, 7) is 2.18. The van der Waals surface area contributed by atoms with Gasteiger partial charge >= 0.3 is 5.97 Å². The van der Waals surface area contributed by atoms with Crippen molar-refractivity contribution in [2.45, 2.75) is 44.4 Å². The third kappa shape index (κ3) is 1.56. The lowest BCUT2D eigenvalue weighted by Gasteiger charge is -2.24. The third-order valence-electron chi connectivity index (χ3n) is 4.26. The summed E-state index contributed by atoms with van der Waals surface area (Å²) < 4.78 is 5.03. The van der Waals surface area contributed by atoms with Crippen molar-refractivity contribution in [3.05, 3.63) is 11.4 Å². The number of aromatic amines is 1. The number of hydrogen-bond acceptors (Lipinski definition) is 4. The molecule has 0 unspecified atom stereocenters. The average molecular weight is 235 g/mol. The number of rotatable bonds is 3. The summed E-state index contributed by atoms with van der Waals surface area (Å²) in [5.41, 5.74) is 1.34. The minimum atomic E-state index is -0.346. The summed E-state index contributed by atoms with van der Waals surface area (Å²) in [6, 6.07) is 0. The van der Waals surface area contributed by atoms with E-state index in [1.165, 1.54) is 12.8 Å².